The van der Waals surface area contributed by atoms with Gasteiger partial charge in [-0.25, -0.2) is 10.6 Å². The van der Waals surface area contributed by atoms with Crippen LogP contribution in [-0.2, 0) is 9.53 Å². The molecule has 3 N–H and O–H groups in total. The zero-order valence-electron chi connectivity index (χ0n) is 13.1. The number of hydrazine groups is 1. The third kappa shape index (κ3) is 2.39. The number of hydrogen-bond donors (Lipinski definition) is 2. The van der Waals surface area contributed by atoms with Gasteiger partial charge in [-0.3, -0.25) is 10.2 Å². The summed E-state index contributed by atoms with van der Waals surface area (Å²) in [6.07, 6.45) is 3.68. The van der Waals surface area contributed by atoms with Crippen LogP contribution >= 0.6 is 0 Å². The van der Waals surface area contributed by atoms with E-state index in [1.807, 2.05) is 20.8 Å². The van der Waals surface area contributed by atoms with Crippen molar-refractivity contribution >= 4 is 12.0 Å². The highest BCUT2D eigenvalue weighted by Gasteiger charge is 2.71. The van der Waals surface area contributed by atoms with Crippen molar-refractivity contribution < 1.29 is 14.3 Å². The summed E-state index contributed by atoms with van der Waals surface area (Å²) in [5, 5.41) is 0. The maximum Gasteiger partial charge on any atom is 0.410 e. The third-order valence-electron chi connectivity index (χ3n) is 5.28. The fourth-order valence-corrected chi connectivity index (χ4v) is 4.44. The van der Waals surface area contributed by atoms with Crippen LogP contribution in [0, 0.1) is 16.7 Å². The SMILES string of the molecule is CC(C)(C)OC(=O)N1CC(C23CC(CC(=O)NN)(C2)C3)C1. The number of hydrogen-bond acceptors (Lipinski definition) is 4. The van der Waals surface area contributed by atoms with Gasteiger partial charge in [0.05, 0.1) is 0 Å². The molecule has 0 atom stereocenters. The number of nitrogens with one attached hydrogen (secondary N) is 1. The summed E-state index contributed by atoms with van der Waals surface area (Å²) in [4.78, 5) is 25.1. The van der Waals surface area contributed by atoms with Crippen molar-refractivity contribution in [1.29, 1.82) is 0 Å². The first-order valence-electron chi connectivity index (χ1n) is 7.64. The number of likely N-dealkylation sites (tertiary alicyclic amines) is 1. The van der Waals surface area contributed by atoms with E-state index in [0.29, 0.717) is 17.8 Å². The van der Waals surface area contributed by atoms with E-state index >= 15 is 0 Å². The second kappa shape index (κ2) is 4.35. The summed E-state index contributed by atoms with van der Waals surface area (Å²) in [5.41, 5.74) is 2.37. The molecule has 4 rings (SSSR count). The van der Waals surface area contributed by atoms with Crippen LogP contribution in [0.25, 0.3) is 0 Å². The minimum Gasteiger partial charge on any atom is -0.444 e. The van der Waals surface area contributed by atoms with Gasteiger partial charge < -0.3 is 9.64 Å². The molecule has 6 heteroatoms. The Kier molecular flexibility index (Phi) is 3.03. The molecular formula is C15H25N3O3. The number of carbonyl (C=O) groups excluding carboxylic acids is 2. The highest BCUT2D eigenvalue weighted by Crippen LogP contribution is 2.78. The van der Waals surface area contributed by atoms with E-state index in [-0.39, 0.29) is 17.4 Å². The summed E-state index contributed by atoms with van der Waals surface area (Å²) < 4.78 is 5.37. The summed E-state index contributed by atoms with van der Waals surface area (Å²) in [5.74, 6) is 5.66. The van der Waals surface area contributed by atoms with Crippen molar-refractivity contribution in [1.82, 2.24) is 10.3 Å². The van der Waals surface area contributed by atoms with Gasteiger partial charge in [-0.1, -0.05) is 0 Å². The molecule has 0 spiro atoms. The van der Waals surface area contributed by atoms with Gasteiger partial charge in [0.1, 0.15) is 5.60 Å². The largest absolute Gasteiger partial charge is 0.444 e. The first-order chi connectivity index (χ1) is 9.67. The van der Waals surface area contributed by atoms with Crippen LogP contribution in [0.1, 0.15) is 46.5 Å². The van der Waals surface area contributed by atoms with Crippen molar-refractivity contribution in [2.45, 2.75) is 52.1 Å². The first kappa shape index (κ1) is 14.6. The number of nitrogens with zero attached hydrogens (tertiary/aromatic N) is 1. The Morgan fingerprint density at radius 3 is 2.33 bits per heavy atom. The topological polar surface area (TPSA) is 84.7 Å². The van der Waals surface area contributed by atoms with E-state index in [1.54, 1.807) is 4.90 Å². The molecule has 2 bridgehead atoms. The number of carbonyl (C=O) groups is 2. The lowest BCUT2D eigenvalue weighted by atomic mass is 9.30. The molecule has 1 heterocycles. The van der Waals surface area contributed by atoms with E-state index in [4.69, 9.17) is 10.6 Å². The number of amides is 2. The van der Waals surface area contributed by atoms with Crippen molar-refractivity contribution in [2.75, 3.05) is 13.1 Å². The van der Waals surface area contributed by atoms with E-state index in [2.05, 4.69) is 5.43 Å². The molecule has 0 aromatic carbocycles. The van der Waals surface area contributed by atoms with E-state index in [1.165, 1.54) is 0 Å². The average Bonchev–Trinajstić information content (AvgIpc) is 2.18. The van der Waals surface area contributed by atoms with Crippen molar-refractivity contribution in [3.8, 4) is 0 Å². The minimum atomic E-state index is -0.432. The van der Waals surface area contributed by atoms with Crippen LogP contribution in [-0.4, -0.2) is 35.6 Å². The Hall–Kier alpha value is -1.30. The Morgan fingerprint density at radius 2 is 1.86 bits per heavy atom. The van der Waals surface area contributed by atoms with Gasteiger partial charge in [-0.15, -0.1) is 0 Å². The highest BCUT2D eigenvalue weighted by atomic mass is 16.6. The normalized spacial score (nSPS) is 34.4. The summed E-state index contributed by atoms with van der Waals surface area (Å²) in [6, 6.07) is 0. The Balaban J connectivity index is 1.43. The van der Waals surface area contributed by atoms with Crippen LogP contribution < -0.4 is 11.3 Å². The number of ether oxygens (including phenoxy) is 1. The van der Waals surface area contributed by atoms with Gasteiger partial charge in [0.25, 0.3) is 0 Å². The van der Waals surface area contributed by atoms with Gasteiger partial charge in [0.15, 0.2) is 0 Å². The van der Waals surface area contributed by atoms with Crippen molar-refractivity contribution in [3.05, 3.63) is 0 Å². The molecule has 0 radical (unpaired) electrons. The van der Waals surface area contributed by atoms with Gasteiger partial charge in [-0.2, -0.15) is 0 Å². The predicted molar refractivity (Wildman–Crippen MR) is 77.0 cm³/mol. The van der Waals surface area contributed by atoms with Crippen molar-refractivity contribution in [3.63, 3.8) is 0 Å². The molecule has 1 saturated heterocycles. The van der Waals surface area contributed by atoms with E-state index in [9.17, 15) is 9.59 Å². The van der Waals surface area contributed by atoms with Crippen LogP contribution in [0.5, 0.6) is 0 Å². The van der Waals surface area contributed by atoms with Gasteiger partial charge >= 0.3 is 6.09 Å². The molecule has 4 fully saturated rings. The molecule has 21 heavy (non-hydrogen) atoms. The maximum atomic E-state index is 11.9. The van der Waals surface area contributed by atoms with Crippen molar-refractivity contribution in [2.24, 2.45) is 22.6 Å². The molecule has 4 aliphatic rings. The quantitative estimate of drug-likeness (QED) is 0.468. The fraction of sp³-hybridized carbons (Fsp3) is 0.867. The molecule has 2 amide bonds. The van der Waals surface area contributed by atoms with Gasteiger partial charge in [0, 0.05) is 25.4 Å². The van der Waals surface area contributed by atoms with Crippen LogP contribution in [0.4, 0.5) is 4.79 Å². The first-order valence-corrected chi connectivity index (χ1v) is 7.64. The second-order valence-corrected chi connectivity index (χ2v) is 8.22. The maximum absolute atomic E-state index is 11.9. The standard InChI is InChI=1S/C15H25N3O3/c1-13(2,3)21-12(20)18-5-10(6-18)15-7-14(8-15,9-15)4-11(19)17-16/h10H,4-9,16H2,1-3H3,(H,17,19). The molecule has 0 aromatic rings. The Bertz CT molecular complexity index is 457. The monoisotopic (exact) mass is 295 g/mol. The molecule has 0 aromatic heterocycles. The van der Waals surface area contributed by atoms with Crippen LogP contribution in [0.3, 0.4) is 0 Å². The number of nitrogens with two attached hydrogens (primary N) is 1. The minimum absolute atomic E-state index is 0.0627. The highest BCUT2D eigenvalue weighted by molar-refractivity contribution is 5.76. The summed E-state index contributed by atoms with van der Waals surface area (Å²) in [6.45, 7) is 7.25. The zero-order valence-corrected chi connectivity index (χ0v) is 13.1. The lowest BCUT2D eigenvalue weighted by Gasteiger charge is -2.75. The summed E-state index contributed by atoms with van der Waals surface area (Å²) in [7, 11) is 0. The Labute approximate surface area is 125 Å². The van der Waals surface area contributed by atoms with Gasteiger partial charge in [0.2, 0.25) is 5.91 Å². The lowest BCUT2D eigenvalue weighted by molar-refractivity contribution is -0.256. The van der Waals surface area contributed by atoms with Gasteiger partial charge in [-0.05, 0) is 50.9 Å². The third-order valence-corrected chi connectivity index (χ3v) is 5.28. The zero-order chi connectivity index (χ0) is 15.5. The Morgan fingerprint density at radius 1 is 1.29 bits per heavy atom. The smallest absolute Gasteiger partial charge is 0.410 e. The predicted octanol–water partition coefficient (Wildman–Crippen LogP) is 1.40. The second-order valence-electron chi connectivity index (χ2n) is 8.22. The van der Waals surface area contributed by atoms with E-state index in [0.717, 1.165) is 32.4 Å². The van der Waals surface area contributed by atoms with Crippen LogP contribution in [0.2, 0.25) is 0 Å². The fourth-order valence-electron chi connectivity index (χ4n) is 4.44. The molecule has 6 nitrogen and oxygen atoms in total. The molecular weight excluding hydrogens is 270 g/mol. The van der Waals surface area contributed by atoms with E-state index < -0.39 is 5.60 Å². The molecule has 0 unspecified atom stereocenters. The molecule has 3 aliphatic carbocycles. The molecule has 118 valence electrons. The number of rotatable bonds is 3. The summed E-state index contributed by atoms with van der Waals surface area (Å²) >= 11 is 0. The average molecular weight is 295 g/mol. The molecule has 1 aliphatic heterocycles. The van der Waals surface area contributed by atoms with Crippen LogP contribution in [0.15, 0.2) is 0 Å². The molecule has 3 saturated carbocycles. The lowest BCUT2D eigenvalue weighted by Crippen LogP contribution is -2.71.